The van der Waals surface area contributed by atoms with Crippen molar-refractivity contribution >= 4 is 18.0 Å². The number of carbonyl (C=O) groups excluding carboxylic acids is 1. The van der Waals surface area contributed by atoms with Crippen molar-refractivity contribution in [3.63, 3.8) is 0 Å². The number of carbonyl (C=O) groups is 2. The first kappa shape index (κ1) is 22.0. The minimum absolute atomic E-state index is 0.0152. The molecule has 0 aromatic heterocycles. The Balaban J connectivity index is 1.68. The number of guanidine groups is 1. The summed E-state index contributed by atoms with van der Waals surface area (Å²) in [6, 6.07) is 3.09. The highest BCUT2D eigenvalue weighted by atomic mass is 19.2. The second kappa shape index (κ2) is 10.4. The van der Waals surface area contributed by atoms with E-state index >= 15 is 0 Å². The van der Waals surface area contributed by atoms with E-state index in [-0.39, 0.29) is 23.7 Å². The summed E-state index contributed by atoms with van der Waals surface area (Å²) in [5, 5.41) is 17.4. The van der Waals surface area contributed by atoms with Gasteiger partial charge in [0.05, 0.1) is 6.04 Å². The predicted molar refractivity (Wildman–Crippen MR) is 108 cm³/mol. The Kier molecular flexibility index (Phi) is 7.59. The van der Waals surface area contributed by atoms with Crippen LogP contribution in [0.3, 0.4) is 0 Å². The first-order chi connectivity index (χ1) is 14.4. The Morgan fingerprint density at radius 1 is 0.900 bits per heavy atom. The molecule has 9 heteroatoms. The van der Waals surface area contributed by atoms with E-state index < -0.39 is 23.6 Å². The fourth-order valence-corrected chi connectivity index (χ4v) is 4.07. The molecule has 0 spiro atoms. The number of carboxylic acid groups (broad SMARTS) is 1. The molecule has 1 aromatic rings. The number of nitrogens with zero attached hydrogens (tertiary/aromatic N) is 1. The molecule has 0 heterocycles. The van der Waals surface area contributed by atoms with Crippen LogP contribution in [-0.2, 0) is 0 Å². The maximum Gasteiger partial charge on any atom is 0.404 e. The van der Waals surface area contributed by atoms with Crippen molar-refractivity contribution in [3.8, 4) is 0 Å². The summed E-state index contributed by atoms with van der Waals surface area (Å²) in [7, 11) is 0. The SMILES string of the molecule is O=C(O)NC1CCC(N=C(NC(=O)c2ccc(F)c(F)c2)NC2CCCCC2)CC1. The van der Waals surface area contributed by atoms with Gasteiger partial charge < -0.3 is 15.7 Å². The molecular formula is C21H28F2N4O3. The molecule has 1 aromatic carbocycles. The molecule has 0 saturated heterocycles. The Morgan fingerprint density at radius 2 is 1.57 bits per heavy atom. The number of aliphatic imine (C=N–C) groups is 1. The molecule has 0 bridgehead atoms. The van der Waals surface area contributed by atoms with Crippen LogP contribution in [0.5, 0.6) is 0 Å². The maximum atomic E-state index is 13.5. The largest absolute Gasteiger partial charge is 0.465 e. The van der Waals surface area contributed by atoms with Crippen LogP contribution in [0.25, 0.3) is 0 Å². The molecular weight excluding hydrogens is 394 g/mol. The molecule has 0 aliphatic heterocycles. The third-order valence-electron chi connectivity index (χ3n) is 5.70. The van der Waals surface area contributed by atoms with E-state index in [1.165, 1.54) is 12.5 Å². The molecule has 7 nitrogen and oxygen atoms in total. The van der Waals surface area contributed by atoms with E-state index in [1.807, 2.05) is 0 Å². The van der Waals surface area contributed by atoms with Gasteiger partial charge in [0, 0.05) is 17.6 Å². The summed E-state index contributed by atoms with van der Waals surface area (Å²) in [6.07, 6.45) is 7.08. The molecule has 2 fully saturated rings. The molecule has 2 aliphatic carbocycles. The average molecular weight is 422 g/mol. The van der Waals surface area contributed by atoms with Gasteiger partial charge in [0.1, 0.15) is 0 Å². The van der Waals surface area contributed by atoms with Crippen LogP contribution in [0.2, 0.25) is 0 Å². The molecule has 4 N–H and O–H groups in total. The van der Waals surface area contributed by atoms with Crippen LogP contribution in [0, 0.1) is 11.6 Å². The second-order valence-electron chi connectivity index (χ2n) is 7.99. The van der Waals surface area contributed by atoms with Crippen molar-refractivity contribution in [1.29, 1.82) is 0 Å². The standard InChI is InChI=1S/C21H28F2N4O3/c22-17-11-6-13(12-18(17)23)19(28)27-20(24-14-4-2-1-3-5-14)25-15-7-9-16(10-8-15)26-21(29)30/h6,11-12,14-16,26H,1-5,7-10H2,(H,29,30)(H2,24,25,27,28). The lowest BCUT2D eigenvalue weighted by Crippen LogP contribution is -2.47. The van der Waals surface area contributed by atoms with Gasteiger partial charge in [-0.3, -0.25) is 10.1 Å². The predicted octanol–water partition coefficient (Wildman–Crippen LogP) is 3.55. The van der Waals surface area contributed by atoms with Gasteiger partial charge in [-0.1, -0.05) is 19.3 Å². The zero-order valence-corrected chi connectivity index (χ0v) is 16.8. The van der Waals surface area contributed by atoms with Gasteiger partial charge >= 0.3 is 6.09 Å². The lowest BCUT2D eigenvalue weighted by molar-refractivity contribution is 0.0974. The Labute approximate surface area is 174 Å². The highest BCUT2D eigenvalue weighted by Gasteiger charge is 2.24. The van der Waals surface area contributed by atoms with Crippen LogP contribution in [0.1, 0.15) is 68.1 Å². The molecule has 2 saturated carbocycles. The smallest absolute Gasteiger partial charge is 0.404 e. The van der Waals surface area contributed by atoms with E-state index in [4.69, 9.17) is 5.11 Å². The van der Waals surface area contributed by atoms with Crippen molar-refractivity contribution in [2.45, 2.75) is 75.9 Å². The molecule has 0 unspecified atom stereocenters. The third kappa shape index (κ3) is 6.40. The monoisotopic (exact) mass is 422 g/mol. The minimum Gasteiger partial charge on any atom is -0.465 e. The van der Waals surface area contributed by atoms with Crippen molar-refractivity contribution in [2.24, 2.45) is 4.99 Å². The number of rotatable bonds is 4. The van der Waals surface area contributed by atoms with Gasteiger partial charge in [0.2, 0.25) is 0 Å². The summed E-state index contributed by atoms with van der Waals surface area (Å²) in [5.41, 5.74) is 0.0152. The van der Waals surface area contributed by atoms with Crippen LogP contribution >= 0.6 is 0 Å². The molecule has 0 radical (unpaired) electrons. The van der Waals surface area contributed by atoms with Crippen LogP contribution in [0.4, 0.5) is 13.6 Å². The number of hydrogen-bond donors (Lipinski definition) is 4. The van der Waals surface area contributed by atoms with E-state index in [9.17, 15) is 18.4 Å². The molecule has 0 atom stereocenters. The highest BCUT2D eigenvalue weighted by Crippen LogP contribution is 2.22. The van der Waals surface area contributed by atoms with Gasteiger partial charge in [0.25, 0.3) is 5.91 Å². The summed E-state index contributed by atoms with van der Waals surface area (Å²) >= 11 is 0. The molecule has 3 rings (SSSR count). The number of halogens is 2. The summed E-state index contributed by atoms with van der Waals surface area (Å²) in [5.74, 6) is -2.30. The highest BCUT2D eigenvalue weighted by molar-refractivity contribution is 6.05. The fraction of sp³-hybridized carbons (Fsp3) is 0.571. The molecule has 30 heavy (non-hydrogen) atoms. The van der Waals surface area contributed by atoms with Gasteiger partial charge in [-0.05, 0) is 56.7 Å². The lowest BCUT2D eigenvalue weighted by Gasteiger charge is -2.28. The van der Waals surface area contributed by atoms with Gasteiger partial charge in [0.15, 0.2) is 17.6 Å². The number of benzene rings is 1. The third-order valence-corrected chi connectivity index (χ3v) is 5.70. The Bertz CT molecular complexity index is 788. The zero-order chi connectivity index (χ0) is 21.5. The van der Waals surface area contributed by atoms with E-state index in [2.05, 4.69) is 20.9 Å². The summed E-state index contributed by atoms with van der Waals surface area (Å²) in [6.45, 7) is 0. The number of amides is 2. The fourth-order valence-electron chi connectivity index (χ4n) is 4.07. The van der Waals surface area contributed by atoms with E-state index in [1.54, 1.807) is 0 Å². The van der Waals surface area contributed by atoms with Crippen molar-refractivity contribution < 1.29 is 23.5 Å². The average Bonchev–Trinajstić information content (AvgIpc) is 2.72. The minimum atomic E-state index is -1.08. The topological polar surface area (TPSA) is 103 Å². The first-order valence-corrected chi connectivity index (χ1v) is 10.5. The Morgan fingerprint density at radius 3 is 2.20 bits per heavy atom. The number of nitrogens with one attached hydrogen (secondary N) is 3. The maximum absolute atomic E-state index is 13.5. The quantitative estimate of drug-likeness (QED) is 0.440. The number of hydrogen-bond acceptors (Lipinski definition) is 3. The second-order valence-corrected chi connectivity index (χ2v) is 7.99. The van der Waals surface area contributed by atoms with Crippen LogP contribution in [-0.4, -0.2) is 41.2 Å². The van der Waals surface area contributed by atoms with Crippen LogP contribution in [0.15, 0.2) is 23.2 Å². The molecule has 164 valence electrons. The molecule has 2 aliphatic rings. The van der Waals surface area contributed by atoms with Crippen LogP contribution < -0.4 is 16.0 Å². The van der Waals surface area contributed by atoms with Gasteiger partial charge in [-0.15, -0.1) is 0 Å². The first-order valence-electron chi connectivity index (χ1n) is 10.5. The van der Waals surface area contributed by atoms with Crippen molar-refractivity contribution in [1.82, 2.24) is 16.0 Å². The lowest BCUT2D eigenvalue weighted by atomic mass is 9.91. The van der Waals surface area contributed by atoms with Gasteiger partial charge in [-0.2, -0.15) is 0 Å². The van der Waals surface area contributed by atoms with E-state index in [0.29, 0.717) is 31.6 Å². The normalized spacial score (nSPS) is 22.9. The summed E-state index contributed by atoms with van der Waals surface area (Å²) < 4.78 is 26.7. The summed E-state index contributed by atoms with van der Waals surface area (Å²) in [4.78, 5) is 28.1. The van der Waals surface area contributed by atoms with Crippen molar-refractivity contribution in [2.75, 3.05) is 0 Å². The molecule has 2 amide bonds. The van der Waals surface area contributed by atoms with Crippen molar-refractivity contribution in [3.05, 3.63) is 35.4 Å². The Hall–Kier alpha value is -2.71. The van der Waals surface area contributed by atoms with Gasteiger partial charge in [-0.25, -0.2) is 18.6 Å². The zero-order valence-electron chi connectivity index (χ0n) is 16.8. The van der Waals surface area contributed by atoms with E-state index in [0.717, 1.165) is 37.8 Å².